The highest BCUT2D eigenvalue weighted by atomic mass is 32.2. The van der Waals surface area contributed by atoms with Crippen LogP contribution in [-0.4, -0.2) is 39.3 Å². The van der Waals surface area contributed by atoms with E-state index in [-0.39, 0.29) is 23.4 Å². The molecule has 1 aromatic carbocycles. The first-order valence-electron chi connectivity index (χ1n) is 7.65. The van der Waals surface area contributed by atoms with Gasteiger partial charge in [-0.25, -0.2) is 4.39 Å². The monoisotopic (exact) mass is 335 g/mol. The number of thioether (sulfide) groups is 1. The van der Waals surface area contributed by atoms with Crippen LogP contribution in [0.5, 0.6) is 0 Å². The molecule has 0 N–H and O–H groups in total. The van der Waals surface area contributed by atoms with E-state index in [1.165, 1.54) is 30.3 Å². The van der Waals surface area contributed by atoms with E-state index in [1.807, 2.05) is 4.90 Å². The summed E-state index contributed by atoms with van der Waals surface area (Å²) in [6.07, 6.45) is 3.30. The van der Waals surface area contributed by atoms with E-state index in [4.69, 9.17) is 4.42 Å². The van der Waals surface area contributed by atoms with Gasteiger partial charge in [0, 0.05) is 18.2 Å². The number of amides is 1. The van der Waals surface area contributed by atoms with Crippen LogP contribution in [0, 0.1) is 5.82 Å². The molecule has 1 amide bonds. The van der Waals surface area contributed by atoms with Gasteiger partial charge in [-0.15, -0.1) is 10.2 Å². The van der Waals surface area contributed by atoms with Crippen molar-refractivity contribution >= 4 is 17.7 Å². The first-order valence-corrected chi connectivity index (χ1v) is 8.64. The molecule has 7 heteroatoms. The van der Waals surface area contributed by atoms with Gasteiger partial charge in [-0.05, 0) is 44.4 Å². The first-order chi connectivity index (χ1) is 11.1. The molecule has 3 rings (SSSR count). The first kappa shape index (κ1) is 16.0. The molecule has 23 heavy (non-hydrogen) atoms. The standard InChI is InChI=1S/C16H18FN3O2S/c1-11-5-2-3-8-20(11)14(21)10-23-16-19-18-15(22-16)12-6-4-7-13(17)9-12/h4,6-7,9,11H,2-3,5,8,10H2,1H3/t11-/m1/s1. The number of rotatable bonds is 4. The molecule has 0 spiro atoms. The molecular formula is C16H18FN3O2S. The van der Waals surface area contributed by atoms with Gasteiger partial charge in [0.05, 0.1) is 5.75 Å². The van der Waals surface area contributed by atoms with E-state index >= 15 is 0 Å². The van der Waals surface area contributed by atoms with Crippen molar-refractivity contribution in [2.24, 2.45) is 0 Å². The number of benzene rings is 1. The maximum absolute atomic E-state index is 13.2. The number of halogens is 1. The third kappa shape index (κ3) is 3.90. The summed E-state index contributed by atoms with van der Waals surface area (Å²) in [5, 5.41) is 8.14. The van der Waals surface area contributed by atoms with Gasteiger partial charge in [0.2, 0.25) is 11.8 Å². The van der Waals surface area contributed by atoms with Gasteiger partial charge in [0.1, 0.15) is 5.82 Å². The molecule has 1 fully saturated rings. The zero-order valence-corrected chi connectivity index (χ0v) is 13.7. The van der Waals surface area contributed by atoms with Crippen molar-refractivity contribution in [1.29, 1.82) is 0 Å². The number of carbonyl (C=O) groups excluding carboxylic acids is 1. The maximum Gasteiger partial charge on any atom is 0.277 e. The van der Waals surface area contributed by atoms with Gasteiger partial charge >= 0.3 is 0 Å². The number of nitrogens with zero attached hydrogens (tertiary/aromatic N) is 3. The van der Waals surface area contributed by atoms with Crippen LogP contribution in [0.1, 0.15) is 26.2 Å². The zero-order chi connectivity index (χ0) is 16.2. The van der Waals surface area contributed by atoms with Crippen molar-refractivity contribution in [3.8, 4) is 11.5 Å². The van der Waals surface area contributed by atoms with Gasteiger partial charge in [-0.2, -0.15) is 0 Å². The molecule has 0 bridgehead atoms. The van der Waals surface area contributed by atoms with E-state index in [9.17, 15) is 9.18 Å². The van der Waals surface area contributed by atoms with Crippen LogP contribution in [0.15, 0.2) is 33.9 Å². The zero-order valence-electron chi connectivity index (χ0n) is 12.9. The largest absolute Gasteiger partial charge is 0.411 e. The Morgan fingerprint density at radius 1 is 1.43 bits per heavy atom. The molecule has 2 heterocycles. The summed E-state index contributed by atoms with van der Waals surface area (Å²) >= 11 is 1.22. The normalized spacial score (nSPS) is 18.2. The Labute approximate surface area is 138 Å². The molecule has 1 aliphatic rings. The molecule has 1 aromatic heterocycles. The van der Waals surface area contributed by atoms with Crippen LogP contribution in [0.2, 0.25) is 0 Å². The SMILES string of the molecule is C[C@@H]1CCCCN1C(=O)CSc1nnc(-c2cccc(F)c2)o1. The van der Waals surface area contributed by atoms with Crippen molar-refractivity contribution in [2.75, 3.05) is 12.3 Å². The highest BCUT2D eigenvalue weighted by Crippen LogP contribution is 2.25. The highest BCUT2D eigenvalue weighted by molar-refractivity contribution is 7.99. The molecule has 122 valence electrons. The van der Waals surface area contributed by atoms with Crippen molar-refractivity contribution < 1.29 is 13.6 Å². The van der Waals surface area contributed by atoms with E-state index in [1.54, 1.807) is 12.1 Å². The maximum atomic E-state index is 13.2. The molecule has 1 atom stereocenters. The predicted octanol–water partition coefficient (Wildman–Crippen LogP) is 3.37. The smallest absolute Gasteiger partial charge is 0.277 e. The molecule has 2 aromatic rings. The molecule has 1 aliphatic heterocycles. The summed E-state index contributed by atoms with van der Waals surface area (Å²) in [4.78, 5) is 14.2. The Kier molecular flexibility index (Phi) is 4.95. The minimum Gasteiger partial charge on any atom is -0.411 e. The molecule has 0 radical (unpaired) electrons. The summed E-state index contributed by atoms with van der Waals surface area (Å²) in [6.45, 7) is 2.90. The predicted molar refractivity (Wildman–Crippen MR) is 85.4 cm³/mol. The summed E-state index contributed by atoms with van der Waals surface area (Å²) < 4.78 is 18.7. The van der Waals surface area contributed by atoms with Crippen LogP contribution < -0.4 is 0 Å². The Balaban J connectivity index is 1.60. The van der Waals surface area contributed by atoms with Crippen molar-refractivity contribution in [3.63, 3.8) is 0 Å². The lowest BCUT2D eigenvalue weighted by Crippen LogP contribution is -2.42. The van der Waals surface area contributed by atoms with Crippen LogP contribution >= 0.6 is 11.8 Å². The highest BCUT2D eigenvalue weighted by Gasteiger charge is 2.23. The summed E-state index contributed by atoms with van der Waals surface area (Å²) in [6, 6.07) is 6.27. The molecule has 5 nitrogen and oxygen atoms in total. The van der Waals surface area contributed by atoms with Crippen molar-refractivity contribution in [2.45, 2.75) is 37.5 Å². The van der Waals surface area contributed by atoms with E-state index in [2.05, 4.69) is 17.1 Å². The van der Waals surface area contributed by atoms with Gasteiger partial charge in [-0.1, -0.05) is 17.8 Å². The minimum absolute atomic E-state index is 0.0905. The van der Waals surface area contributed by atoms with Gasteiger partial charge in [-0.3, -0.25) is 4.79 Å². The molecule has 0 unspecified atom stereocenters. The Morgan fingerprint density at radius 2 is 2.30 bits per heavy atom. The average molecular weight is 335 g/mol. The van der Waals surface area contributed by atoms with Gasteiger partial charge in [0.15, 0.2) is 0 Å². The average Bonchev–Trinajstić information content (AvgIpc) is 3.02. The fraction of sp³-hybridized carbons (Fsp3) is 0.438. The lowest BCUT2D eigenvalue weighted by Gasteiger charge is -2.33. The Hall–Kier alpha value is -1.89. The number of hydrogen-bond donors (Lipinski definition) is 0. The summed E-state index contributed by atoms with van der Waals surface area (Å²) in [5.74, 6) is 0.262. The third-order valence-electron chi connectivity index (χ3n) is 3.92. The van der Waals surface area contributed by atoms with Crippen LogP contribution in [0.4, 0.5) is 4.39 Å². The summed E-state index contributed by atoms with van der Waals surface area (Å²) in [5.41, 5.74) is 0.528. The number of hydrogen-bond acceptors (Lipinski definition) is 5. The van der Waals surface area contributed by atoms with E-state index < -0.39 is 0 Å². The van der Waals surface area contributed by atoms with Crippen LogP contribution in [-0.2, 0) is 4.79 Å². The fourth-order valence-electron chi connectivity index (χ4n) is 2.68. The number of carbonyl (C=O) groups is 1. The lowest BCUT2D eigenvalue weighted by molar-refractivity contribution is -0.131. The second-order valence-corrected chi connectivity index (χ2v) is 6.53. The molecule has 0 aliphatic carbocycles. The van der Waals surface area contributed by atoms with Crippen LogP contribution in [0.25, 0.3) is 11.5 Å². The fourth-order valence-corrected chi connectivity index (χ4v) is 3.33. The third-order valence-corrected chi connectivity index (χ3v) is 4.72. The number of piperidine rings is 1. The van der Waals surface area contributed by atoms with Crippen molar-refractivity contribution in [3.05, 3.63) is 30.1 Å². The van der Waals surface area contributed by atoms with E-state index in [0.29, 0.717) is 16.8 Å². The Bertz CT molecular complexity index is 691. The molecular weight excluding hydrogens is 317 g/mol. The van der Waals surface area contributed by atoms with Gasteiger partial charge < -0.3 is 9.32 Å². The molecule has 0 saturated carbocycles. The number of aromatic nitrogens is 2. The van der Waals surface area contributed by atoms with Crippen molar-refractivity contribution in [1.82, 2.24) is 15.1 Å². The second kappa shape index (κ2) is 7.12. The molecule has 1 saturated heterocycles. The van der Waals surface area contributed by atoms with Gasteiger partial charge in [0.25, 0.3) is 5.22 Å². The van der Waals surface area contributed by atoms with Crippen LogP contribution in [0.3, 0.4) is 0 Å². The topological polar surface area (TPSA) is 59.2 Å². The summed E-state index contributed by atoms with van der Waals surface area (Å²) in [7, 11) is 0. The minimum atomic E-state index is -0.357. The second-order valence-electron chi connectivity index (χ2n) is 5.60. The van der Waals surface area contributed by atoms with E-state index in [0.717, 1.165) is 19.4 Å². The lowest BCUT2D eigenvalue weighted by atomic mass is 10.0. The number of likely N-dealkylation sites (tertiary alicyclic amines) is 1. The Morgan fingerprint density at radius 3 is 3.09 bits per heavy atom. The quantitative estimate of drug-likeness (QED) is 0.802.